The van der Waals surface area contributed by atoms with E-state index in [1.165, 1.54) is 11.8 Å². The minimum atomic E-state index is -0.118. The van der Waals surface area contributed by atoms with Gasteiger partial charge in [-0.1, -0.05) is 43.8 Å². The van der Waals surface area contributed by atoms with Crippen molar-refractivity contribution in [2.45, 2.75) is 32.5 Å². The Morgan fingerprint density at radius 3 is 2.50 bits per heavy atom. The van der Waals surface area contributed by atoms with Gasteiger partial charge in [0.1, 0.15) is 0 Å². The monoisotopic (exact) mass is 396 g/mol. The SMILES string of the molecule is CCn1c(SCC(=O)Nc2cccc(NC(=O)C(C)C)c2)nc2ccccc21. The molecule has 0 saturated carbocycles. The van der Waals surface area contributed by atoms with Gasteiger partial charge in [-0.3, -0.25) is 9.59 Å². The number of carbonyl (C=O) groups is 2. The minimum Gasteiger partial charge on any atom is -0.326 e. The highest BCUT2D eigenvalue weighted by molar-refractivity contribution is 7.99. The third-order valence-corrected chi connectivity index (χ3v) is 5.18. The first kappa shape index (κ1) is 19.9. The number of nitrogens with zero attached hydrogens (tertiary/aromatic N) is 2. The summed E-state index contributed by atoms with van der Waals surface area (Å²) in [4.78, 5) is 28.8. The number of aromatic nitrogens is 2. The Bertz CT molecular complexity index is 997. The number of aryl methyl sites for hydroxylation is 1. The lowest BCUT2D eigenvalue weighted by atomic mass is 10.2. The maximum atomic E-state index is 12.4. The van der Waals surface area contributed by atoms with Gasteiger partial charge in [0.25, 0.3) is 0 Å². The summed E-state index contributed by atoms with van der Waals surface area (Å²) in [5.74, 6) is -0.0247. The standard InChI is InChI=1S/C21H24N4O2S/c1-4-25-18-11-6-5-10-17(18)24-21(25)28-13-19(26)22-15-8-7-9-16(12-15)23-20(27)14(2)3/h5-12,14H,4,13H2,1-3H3,(H,22,26)(H,23,27). The molecule has 2 N–H and O–H groups in total. The maximum Gasteiger partial charge on any atom is 0.234 e. The zero-order valence-corrected chi connectivity index (χ0v) is 17.0. The zero-order chi connectivity index (χ0) is 20.1. The molecule has 0 saturated heterocycles. The van der Waals surface area contributed by atoms with Crippen LogP contribution in [0, 0.1) is 5.92 Å². The van der Waals surface area contributed by atoms with Gasteiger partial charge in [0.2, 0.25) is 11.8 Å². The summed E-state index contributed by atoms with van der Waals surface area (Å²) in [6.07, 6.45) is 0. The lowest BCUT2D eigenvalue weighted by Crippen LogP contribution is -2.18. The van der Waals surface area contributed by atoms with Crippen LogP contribution in [0.1, 0.15) is 20.8 Å². The largest absolute Gasteiger partial charge is 0.326 e. The molecule has 0 spiro atoms. The highest BCUT2D eigenvalue weighted by Gasteiger charge is 2.12. The van der Waals surface area contributed by atoms with Crippen LogP contribution in [0.4, 0.5) is 11.4 Å². The molecule has 2 amide bonds. The molecule has 0 unspecified atom stereocenters. The Morgan fingerprint density at radius 2 is 1.79 bits per heavy atom. The molecule has 0 radical (unpaired) electrons. The summed E-state index contributed by atoms with van der Waals surface area (Å²) in [5.41, 5.74) is 3.32. The second-order valence-electron chi connectivity index (χ2n) is 6.69. The minimum absolute atomic E-state index is 0.0579. The molecule has 146 valence electrons. The highest BCUT2D eigenvalue weighted by atomic mass is 32.2. The molecule has 2 aromatic carbocycles. The smallest absolute Gasteiger partial charge is 0.234 e. The van der Waals surface area contributed by atoms with Gasteiger partial charge >= 0.3 is 0 Å². The Morgan fingerprint density at radius 1 is 1.07 bits per heavy atom. The number of hydrogen-bond acceptors (Lipinski definition) is 4. The Kier molecular flexibility index (Phi) is 6.36. The molecule has 0 bridgehead atoms. The molecular weight excluding hydrogens is 372 g/mol. The predicted octanol–water partition coefficient (Wildman–Crippen LogP) is 4.38. The van der Waals surface area contributed by atoms with Gasteiger partial charge in [-0.15, -0.1) is 0 Å². The fourth-order valence-electron chi connectivity index (χ4n) is 2.76. The van der Waals surface area contributed by atoms with E-state index in [0.717, 1.165) is 22.7 Å². The van der Waals surface area contributed by atoms with E-state index in [0.29, 0.717) is 11.4 Å². The van der Waals surface area contributed by atoms with Crippen molar-refractivity contribution in [3.63, 3.8) is 0 Å². The fourth-order valence-corrected chi connectivity index (χ4v) is 3.64. The van der Waals surface area contributed by atoms with E-state index in [9.17, 15) is 9.59 Å². The molecule has 6 nitrogen and oxygen atoms in total. The highest BCUT2D eigenvalue weighted by Crippen LogP contribution is 2.24. The lowest BCUT2D eigenvalue weighted by molar-refractivity contribution is -0.119. The van der Waals surface area contributed by atoms with Crippen LogP contribution < -0.4 is 10.6 Å². The molecule has 0 fully saturated rings. The Labute approximate surface area is 168 Å². The number of carbonyl (C=O) groups excluding carboxylic acids is 2. The second-order valence-corrected chi connectivity index (χ2v) is 7.63. The van der Waals surface area contributed by atoms with Gasteiger partial charge in [-0.05, 0) is 37.3 Å². The third kappa shape index (κ3) is 4.72. The molecule has 0 aliphatic heterocycles. The van der Waals surface area contributed by atoms with Crippen LogP contribution in [0.15, 0.2) is 53.7 Å². The molecule has 0 aliphatic carbocycles. The van der Waals surface area contributed by atoms with Crippen LogP contribution in [0.25, 0.3) is 11.0 Å². The first-order valence-corrected chi connectivity index (χ1v) is 10.3. The molecule has 1 aromatic heterocycles. The number of nitrogens with one attached hydrogen (secondary N) is 2. The fraction of sp³-hybridized carbons (Fsp3) is 0.286. The van der Waals surface area contributed by atoms with Gasteiger partial charge in [0.05, 0.1) is 16.8 Å². The maximum absolute atomic E-state index is 12.4. The number of thioether (sulfide) groups is 1. The van der Waals surface area contributed by atoms with Crippen LogP contribution >= 0.6 is 11.8 Å². The summed E-state index contributed by atoms with van der Waals surface area (Å²) in [6.45, 7) is 6.53. The van der Waals surface area contributed by atoms with E-state index < -0.39 is 0 Å². The van der Waals surface area contributed by atoms with Crippen molar-refractivity contribution < 1.29 is 9.59 Å². The van der Waals surface area contributed by atoms with E-state index >= 15 is 0 Å². The number of para-hydroxylation sites is 2. The summed E-state index contributed by atoms with van der Waals surface area (Å²) in [5, 5.41) is 6.54. The van der Waals surface area contributed by atoms with Crippen molar-refractivity contribution >= 4 is 46.0 Å². The van der Waals surface area contributed by atoms with Crippen molar-refractivity contribution in [1.82, 2.24) is 9.55 Å². The topological polar surface area (TPSA) is 76.0 Å². The quantitative estimate of drug-likeness (QED) is 0.581. The first-order valence-electron chi connectivity index (χ1n) is 9.26. The normalized spacial score (nSPS) is 11.0. The number of amides is 2. The van der Waals surface area contributed by atoms with Crippen LogP contribution in [0.3, 0.4) is 0 Å². The summed E-state index contributed by atoms with van der Waals surface area (Å²) < 4.78 is 2.11. The Hall–Kier alpha value is -2.80. The van der Waals surface area contributed by atoms with Gasteiger partial charge in [-0.25, -0.2) is 4.98 Å². The lowest BCUT2D eigenvalue weighted by Gasteiger charge is -2.10. The van der Waals surface area contributed by atoms with E-state index in [1.807, 2.05) is 38.1 Å². The van der Waals surface area contributed by atoms with Gasteiger partial charge < -0.3 is 15.2 Å². The molecule has 0 aliphatic rings. The van der Waals surface area contributed by atoms with E-state index in [1.54, 1.807) is 24.3 Å². The molecule has 1 heterocycles. The molecular formula is C21H24N4O2S. The van der Waals surface area contributed by atoms with Gasteiger partial charge in [0.15, 0.2) is 5.16 Å². The van der Waals surface area contributed by atoms with E-state index in [-0.39, 0.29) is 23.5 Å². The number of imidazole rings is 1. The second kappa shape index (κ2) is 8.93. The van der Waals surface area contributed by atoms with Gasteiger partial charge in [-0.2, -0.15) is 0 Å². The van der Waals surface area contributed by atoms with Crippen molar-refractivity contribution in [1.29, 1.82) is 0 Å². The number of rotatable bonds is 7. The number of benzene rings is 2. The molecule has 3 aromatic rings. The zero-order valence-electron chi connectivity index (χ0n) is 16.2. The van der Waals surface area contributed by atoms with Crippen molar-refractivity contribution in [3.05, 3.63) is 48.5 Å². The molecule has 3 rings (SSSR count). The van der Waals surface area contributed by atoms with Gasteiger partial charge in [0, 0.05) is 23.8 Å². The number of fused-ring (bicyclic) bond motifs is 1. The average molecular weight is 397 g/mol. The van der Waals surface area contributed by atoms with Crippen molar-refractivity contribution in [2.75, 3.05) is 16.4 Å². The average Bonchev–Trinajstić information content (AvgIpc) is 3.04. The predicted molar refractivity (Wildman–Crippen MR) is 115 cm³/mol. The van der Waals surface area contributed by atoms with Crippen molar-refractivity contribution in [3.8, 4) is 0 Å². The van der Waals surface area contributed by atoms with Crippen LogP contribution in [0.5, 0.6) is 0 Å². The summed E-state index contributed by atoms with van der Waals surface area (Å²) in [7, 11) is 0. The molecule has 0 atom stereocenters. The molecule has 7 heteroatoms. The Balaban J connectivity index is 1.63. The van der Waals surface area contributed by atoms with Crippen molar-refractivity contribution in [2.24, 2.45) is 5.92 Å². The third-order valence-electron chi connectivity index (χ3n) is 4.21. The van der Waals surface area contributed by atoms with Crippen LogP contribution in [0.2, 0.25) is 0 Å². The van der Waals surface area contributed by atoms with E-state index in [2.05, 4.69) is 27.1 Å². The summed E-state index contributed by atoms with van der Waals surface area (Å²) in [6, 6.07) is 15.1. The number of anilines is 2. The van der Waals surface area contributed by atoms with E-state index in [4.69, 9.17) is 0 Å². The van der Waals surface area contributed by atoms with Crippen LogP contribution in [-0.2, 0) is 16.1 Å². The molecule has 28 heavy (non-hydrogen) atoms. The van der Waals surface area contributed by atoms with Crippen LogP contribution in [-0.4, -0.2) is 27.1 Å². The first-order chi connectivity index (χ1) is 13.5. The summed E-state index contributed by atoms with van der Waals surface area (Å²) >= 11 is 1.41. The number of hydrogen-bond donors (Lipinski definition) is 2.